The van der Waals surface area contributed by atoms with Crippen LogP contribution in [0.2, 0.25) is 0 Å². The fourth-order valence-corrected chi connectivity index (χ4v) is 7.55. The van der Waals surface area contributed by atoms with Gasteiger partial charge in [0.15, 0.2) is 6.10 Å². The maximum absolute atomic E-state index is 12.7. The second kappa shape index (κ2) is 41.5. The molecule has 0 amide bonds. The molecule has 338 valence electrons. The van der Waals surface area contributed by atoms with Crippen LogP contribution in [-0.2, 0) is 27.9 Å². The molecule has 0 saturated carbocycles. The monoisotopic (exact) mass is 829 g/mol. The zero-order valence-corrected chi connectivity index (χ0v) is 39.2. The number of hydrogen-bond acceptors (Lipinski definition) is 6. The first-order valence-corrected chi connectivity index (χ1v) is 25.6. The highest BCUT2D eigenvalue weighted by molar-refractivity contribution is 7.47. The molecule has 0 aliphatic rings. The molecule has 57 heavy (non-hydrogen) atoms. The average molecular weight is 829 g/mol. The standard InChI is InChI=1S/C48H94NO7P/c1-6-8-10-12-14-16-18-20-22-23-24-25-26-27-28-29-31-33-35-37-39-41-48(50)56-47(46-55-57(51,52)54-44-42-49(3,4)5)45-53-43-40-38-36-34-32-30-21-19-17-15-13-11-9-7-2/h20,22,40,43,47H,6-19,21,23-39,41-42,44-46H2,1-5H3/p+1/b22-20+,43-40+/t47-/m1/s1. The Hall–Kier alpha value is -1.18. The molecule has 0 saturated heterocycles. The Morgan fingerprint density at radius 2 is 0.930 bits per heavy atom. The van der Waals surface area contributed by atoms with Crippen molar-refractivity contribution in [1.82, 2.24) is 0 Å². The van der Waals surface area contributed by atoms with Crippen LogP contribution >= 0.6 is 7.82 Å². The Kier molecular flexibility index (Phi) is 40.7. The van der Waals surface area contributed by atoms with Gasteiger partial charge in [-0.05, 0) is 51.0 Å². The first-order valence-electron chi connectivity index (χ1n) is 24.1. The molecule has 1 N–H and O–H groups in total. The summed E-state index contributed by atoms with van der Waals surface area (Å²) in [6.07, 6.45) is 48.8. The van der Waals surface area contributed by atoms with Crippen molar-refractivity contribution in [2.45, 2.75) is 232 Å². The molecule has 0 aromatic rings. The highest BCUT2D eigenvalue weighted by Gasteiger charge is 2.26. The minimum Gasteiger partial charge on any atom is -0.498 e. The van der Waals surface area contributed by atoms with Crippen LogP contribution in [0.5, 0.6) is 0 Å². The maximum Gasteiger partial charge on any atom is 0.472 e. The lowest BCUT2D eigenvalue weighted by atomic mass is 10.0. The van der Waals surface area contributed by atoms with Crippen LogP contribution in [-0.4, -0.2) is 69.0 Å². The fourth-order valence-electron chi connectivity index (χ4n) is 6.81. The third-order valence-corrected chi connectivity index (χ3v) is 11.6. The second-order valence-electron chi connectivity index (χ2n) is 17.6. The van der Waals surface area contributed by atoms with Crippen molar-refractivity contribution >= 4 is 13.8 Å². The molecule has 1 unspecified atom stereocenters. The van der Waals surface area contributed by atoms with Crippen molar-refractivity contribution in [3.05, 3.63) is 24.5 Å². The van der Waals surface area contributed by atoms with Crippen LogP contribution in [0.15, 0.2) is 24.5 Å². The molecule has 0 aromatic heterocycles. The van der Waals surface area contributed by atoms with E-state index in [0.29, 0.717) is 17.4 Å². The van der Waals surface area contributed by atoms with Gasteiger partial charge in [-0.1, -0.05) is 187 Å². The number of allylic oxidation sites excluding steroid dienone is 3. The normalized spacial score (nSPS) is 13.8. The largest absolute Gasteiger partial charge is 0.498 e. The summed E-state index contributed by atoms with van der Waals surface area (Å²) >= 11 is 0. The zero-order chi connectivity index (χ0) is 42.0. The lowest BCUT2D eigenvalue weighted by Crippen LogP contribution is -2.37. The van der Waals surface area contributed by atoms with E-state index in [1.54, 1.807) is 6.26 Å². The summed E-state index contributed by atoms with van der Waals surface area (Å²) < 4.78 is 34.8. The number of esters is 1. The number of unbranched alkanes of at least 4 members (excludes halogenated alkanes) is 29. The Bertz CT molecular complexity index is 967. The average Bonchev–Trinajstić information content (AvgIpc) is 3.16. The van der Waals surface area contributed by atoms with E-state index in [4.69, 9.17) is 18.5 Å². The number of carbonyl (C=O) groups excluding carboxylic acids is 1. The molecule has 9 heteroatoms. The summed E-state index contributed by atoms with van der Waals surface area (Å²) in [5.74, 6) is -0.334. The Balaban J connectivity index is 4.17. The molecule has 0 aliphatic heterocycles. The minimum atomic E-state index is -4.29. The van der Waals surface area contributed by atoms with Crippen molar-refractivity contribution < 1.29 is 37.3 Å². The van der Waals surface area contributed by atoms with E-state index in [2.05, 4.69) is 26.0 Å². The molecule has 0 aliphatic carbocycles. The Labute approximate surface area is 353 Å². The molecule has 0 radical (unpaired) electrons. The number of phosphoric acid groups is 1. The number of rotatable bonds is 45. The Morgan fingerprint density at radius 3 is 1.35 bits per heavy atom. The van der Waals surface area contributed by atoms with E-state index in [-0.39, 0.29) is 25.8 Å². The van der Waals surface area contributed by atoms with Gasteiger partial charge in [0.2, 0.25) is 0 Å². The van der Waals surface area contributed by atoms with E-state index < -0.39 is 13.9 Å². The van der Waals surface area contributed by atoms with Crippen LogP contribution in [0, 0.1) is 0 Å². The predicted octanol–water partition coefficient (Wildman–Crippen LogP) is 14.7. The maximum atomic E-state index is 12.7. The predicted molar refractivity (Wildman–Crippen MR) is 242 cm³/mol. The summed E-state index contributed by atoms with van der Waals surface area (Å²) in [5, 5.41) is 0. The van der Waals surface area contributed by atoms with E-state index in [9.17, 15) is 14.3 Å². The first-order chi connectivity index (χ1) is 27.6. The van der Waals surface area contributed by atoms with Crippen molar-refractivity contribution in [2.75, 3.05) is 47.5 Å². The Morgan fingerprint density at radius 1 is 0.544 bits per heavy atom. The molecule has 0 rings (SSSR count). The molecule has 2 atom stereocenters. The number of nitrogens with zero attached hydrogens (tertiary/aromatic N) is 1. The van der Waals surface area contributed by atoms with Crippen LogP contribution in [0.25, 0.3) is 0 Å². The van der Waals surface area contributed by atoms with Gasteiger partial charge in [-0.15, -0.1) is 0 Å². The van der Waals surface area contributed by atoms with Crippen LogP contribution in [0.4, 0.5) is 0 Å². The SMILES string of the molecule is CCCCCCCC/C=C/CCCCCCCCCCCCCC(=O)O[C@H](CO/C=C/CCCCCCCCCCCCCC)COP(=O)(O)OCC[N+](C)(C)C. The minimum absolute atomic E-state index is 0.0515. The van der Waals surface area contributed by atoms with Gasteiger partial charge in [-0.25, -0.2) is 4.57 Å². The van der Waals surface area contributed by atoms with Crippen molar-refractivity contribution in [2.24, 2.45) is 0 Å². The van der Waals surface area contributed by atoms with Gasteiger partial charge in [0.05, 0.1) is 34.0 Å². The highest BCUT2D eigenvalue weighted by atomic mass is 31.2. The lowest BCUT2D eigenvalue weighted by Gasteiger charge is -2.24. The van der Waals surface area contributed by atoms with E-state index in [1.165, 1.54) is 173 Å². The summed E-state index contributed by atoms with van der Waals surface area (Å²) in [7, 11) is 1.64. The van der Waals surface area contributed by atoms with E-state index >= 15 is 0 Å². The molecule has 0 bridgehead atoms. The summed E-state index contributed by atoms with van der Waals surface area (Å²) in [6.45, 7) is 4.96. The van der Waals surface area contributed by atoms with Gasteiger partial charge in [-0.3, -0.25) is 13.8 Å². The quantitative estimate of drug-likeness (QED) is 0.0163. The summed E-state index contributed by atoms with van der Waals surface area (Å²) in [6, 6.07) is 0. The van der Waals surface area contributed by atoms with Gasteiger partial charge in [-0.2, -0.15) is 0 Å². The number of hydrogen-bond donors (Lipinski definition) is 1. The molecule has 8 nitrogen and oxygen atoms in total. The van der Waals surface area contributed by atoms with Crippen LogP contribution < -0.4 is 0 Å². The van der Waals surface area contributed by atoms with Crippen LogP contribution in [0.1, 0.15) is 226 Å². The van der Waals surface area contributed by atoms with Gasteiger partial charge in [0.1, 0.15) is 19.8 Å². The molecule has 0 aromatic carbocycles. The third kappa shape index (κ3) is 45.7. The zero-order valence-electron chi connectivity index (χ0n) is 38.3. The summed E-state index contributed by atoms with van der Waals surface area (Å²) in [4.78, 5) is 22.9. The number of carbonyl (C=O) groups is 1. The highest BCUT2D eigenvalue weighted by Crippen LogP contribution is 2.43. The lowest BCUT2D eigenvalue weighted by molar-refractivity contribution is -0.870. The smallest absolute Gasteiger partial charge is 0.472 e. The fraction of sp³-hybridized carbons (Fsp3) is 0.896. The van der Waals surface area contributed by atoms with Gasteiger partial charge < -0.3 is 18.9 Å². The first kappa shape index (κ1) is 55.8. The summed E-state index contributed by atoms with van der Waals surface area (Å²) in [5.41, 5.74) is 0. The van der Waals surface area contributed by atoms with E-state index in [1.807, 2.05) is 27.2 Å². The molecule has 0 spiro atoms. The molecular weight excluding hydrogens is 734 g/mol. The number of quaternary nitrogens is 1. The van der Waals surface area contributed by atoms with Crippen molar-refractivity contribution in [1.29, 1.82) is 0 Å². The van der Waals surface area contributed by atoms with Gasteiger partial charge in [0.25, 0.3) is 0 Å². The second-order valence-corrected chi connectivity index (χ2v) is 19.0. The number of phosphoric ester groups is 1. The van der Waals surface area contributed by atoms with Crippen molar-refractivity contribution in [3.8, 4) is 0 Å². The van der Waals surface area contributed by atoms with Crippen molar-refractivity contribution in [3.63, 3.8) is 0 Å². The number of likely N-dealkylation sites (N-methyl/N-ethyl adjacent to an activating group) is 1. The third-order valence-electron chi connectivity index (χ3n) is 10.6. The topological polar surface area (TPSA) is 91.3 Å². The van der Waals surface area contributed by atoms with E-state index in [0.717, 1.165) is 32.1 Å². The van der Waals surface area contributed by atoms with Crippen LogP contribution in [0.3, 0.4) is 0 Å². The molecule has 0 heterocycles. The molecule has 0 fully saturated rings. The van der Waals surface area contributed by atoms with Gasteiger partial charge >= 0.3 is 13.8 Å². The number of ether oxygens (including phenoxy) is 2. The molecular formula is C48H95NO7P+. The van der Waals surface area contributed by atoms with Gasteiger partial charge in [0, 0.05) is 6.42 Å².